The molecular weight excluding hydrogens is 428 g/mol. The fourth-order valence-electron chi connectivity index (χ4n) is 5.20. The van der Waals surface area contributed by atoms with Crippen LogP contribution in [0.4, 0.5) is 0 Å². The molecule has 0 atom stereocenters. The highest BCUT2D eigenvalue weighted by atomic mass is 16.5. The van der Waals surface area contributed by atoms with Crippen LogP contribution in [0.15, 0.2) is 0 Å². The van der Waals surface area contributed by atoms with E-state index in [4.69, 9.17) is 4.74 Å². The third-order valence-electron chi connectivity index (χ3n) is 7.89. The molecule has 0 fully saturated rings. The molecule has 0 saturated carbocycles. The summed E-state index contributed by atoms with van der Waals surface area (Å²) < 4.78 is 5.86. The first-order chi connectivity index (χ1) is 17.1. The Balaban J connectivity index is 4.17. The number of rotatable bonds is 28. The molecule has 35 heavy (non-hydrogen) atoms. The quantitative estimate of drug-likeness (QED) is 0.0798. The van der Waals surface area contributed by atoms with E-state index in [1.807, 2.05) is 0 Å². The minimum Gasteiger partial charge on any atom is -0.465 e. The number of hydrogen-bond donors (Lipinski definition) is 0. The molecule has 0 spiro atoms. The van der Waals surface area contributed by atoms with Gasteiger partial charge in [-0.15, -0.1) is 0 Å². The molecule has 2 nitrogen and oxygen atoms in total. The molecular formula is C33H66O2. The van der Waals surface area contributed by atoms with Crippen molar-refractivity contribution in [1.82, 2.24) is 0 Å². The van der Waals surface area contributed by atoms with Gasteiger partial charge in [0, 0.05) is 0 Å². The molecule has 0 bridgehead atoms. The van der Waals surface area contributed by atoms with Crippen molar-refractivity contribution in [2.24, 2.45) is 5.41 Å². The van der Waals surface area contributed by atoms with Crippen LogP contribution in [-0.2, 0) is 9.53 Å². The second-order valence-electron chi connectivity index (χ2n) is 11.6. The number of carbonyl (C=O) groups excluding carboxylic acids is 1. The monoisotopic (exact) mass is 495 g/mol. The Labute approximate surface area is 222 Å². The molecule has 210 valence electrons. The van der Waals surface area contributed by atoms with Crippen LogP contribution in [-0.4, -0.2) is 12.6 Å². The van der Waals surface area contributed by atoms with Crippen molar-refractivity contribution in [2.75, 3.05) is 6.61 Å². The van der Waals surface area contributed by atoms with Crippen LogP contribution in [0.1, 0.15) is 195 Å². The van der Waals surface area contributed by atoms with Gasteiger partial charge in [0.15, 0.2) is 0 Å². The van der Waals surface area contributed by atoms with Crippen molar-refractivity contribution >= 4 is 5.97 Å². The van der Waals surface area contributed by atoms with Gasteiger partial charge in [-0.05, 0) is 26.2 Å². The van der Waals surface area contributed by atoms with Crippen LogP contribution >= 0.6 is 0 Å². The molecule has 0 aromatic heterocycles. The highest BCUT2D eigenvalue weighted by molar-refractivity contribution is 5.76. The smallest absolute Gasteiger partial charge is 0.311 e. The lowest BCUT2D eigenvalue weighted by molar-refractivity contribution is -0.156. The molecule has 0 radical (unpaired) electrons. The van der Waals surface area contributed by atoms with E-state index < -0.39 is 0 Å². The Bertz CT molecular complexity index is 413. The van der Waals surface area contributed by atoms with Crippen LogP contribution in [0, 0.1) is 5.41 Å². The number of ether oxygens (including phenoxy) is 1. The SMILES string of the molecule is CCCCCCCCCCCCOC(=O)C(C)(CCCCCCCCC)CCCCCCCCC. The number of carbonyl (C=O) groups is 1. The molecule has 0 heterocycles. The predicted molar refractivity (Wildman–Crippen MR) is 156 cm³/mol. The maximum Gasteiger partial charge on any atom is 0.311 e. The third kappa shape index (κ3) is 22.4. The highest BCUT2D eigenvalue weighted by Crippen LogP contribution is 2.33. The van der Waals surface area contributed by atoms with Gasteiger partial charge in [0.1, 0.15) is 0 Å². The molecule has 0 aliphatic heterocycles. The van der Waals surface area contributed by atoms with Gasteiger partial charge in [0.05, 0.1) is 12.0 Å². The van der Waals surface area contributed by atoms with Crippen molar-refractivity contribution in [2.45, 2.75) is 195 Å². The first kappa shape index (κ1) is 34.5. The van der Waals surface area contributed by atoms with E-state index in [-0.39, 0.29) is 11.4 Å². The molecule has 0 aliphatic carbocycles. The Hall–Kier alpha value is -0.530. The number of hydrogen-bond acceptors (Lipinski definition) is 2. The maximum atomic E-state index is 13.1. The standard InChI is InChI=1S/C33H66O2/c1-5-8-11-14-17-18-19-22-25-28-31-35-32(34)33(4,29-26-23-20-15-12-9-6-2)30-27-24-21-16-13-10-7-3/h5-31H2,1-4H3. The molecule has 0 aliphatic rings. The summed E-state index contributed by atoms with van der Waals surface area (Å²) in [5.74, 6) is 0.0883. The van der Waals surface area contributed by atoms with Crippen molar-refractivity contribution in [3.8, 4) is 0 Å². The van der Waals surface area contributed by atoms with Gasteiger partial charge in [-0.25, -0.2) is 0 Å². The van der Waals surface area contributed by atoms with E-state index >= 15 is 0 Å². The van der Waals surface area contributed by atoms with Gasteiger partial charge in [0.25, 0.3) is 0 Å². The van der Waals surface area contributed by atoms with E-state index in [0.29, 0.717) is 6.61 Å². The summed E-state index contributed by atoms with van der Waals surface area (Å²) in [4.78, 5) is 13.1. The van der Waals surface area contributed by atoms with Crippen LogP contribution in [0.5, 0.6) is 0 Å². The topological polar surface area (TPSA) is 26.3 Å². The Kier molecular flexibility index (Phi) is 26.1. The minimum atomic E-state index is -0.272. The van der Waals surface area contributed by atoms with E-state index in [1.54, 1.807) is 0 Å². The van der Waals surface area contributed by atoms with Crippen molar-refractivity contribution in [1.29, 1.82) is 0 Å². The minimum absolute atomic E-state index is 0.0883. The lowest BCUT2D eigenvalue weighted by Crippen LogP contribution is -2.30. The van der Waals surface area contributed by atoms with E-state index in [0.717, 1.165) is 19.3 Å². The van der Waals surface area contributed by atoms with Gasteiger partial charge in [-0.3, -0.25) is 4.79 Å². The molecule has 0 N–H and O–H groups in total. The summed E-state index contributed by atoms with van der Waals surface area (Å²) in [5, 5.41) is 0. The Morgan fingerprint density at radius 2 is 0.743 bits per heavy atom. The highest BCUT2D eigenvalue weighted by Gasteiger charge is 2.33. The predicted octanol–water partition coefficient (Wildman–Crippen LogP) is 11.7. The van der Waals surface area contributed by atoms with E-state index in [2.05, 4.69) is 27.7 Å². The van der Waals surface area contributed by atoms with Crippen LogP contribution in [0.2, 0.25) is 0 Å². The Morgan fingerprint density at radius 3 is 1.09 bits per heavy atom. The van der Waals surface area contributed by atoms with E-state index in [1.165, 1.54) is 148 Å². The summed E-state index contributed by atoms with van der Waals surface area (Å²) in [6.45, 7) is 9.65. The van der Waals surface area contributed by atoms with Crippen molar-refractivity contribution in [3.05, 3.63) is 0 Å². The lowest BCUT2D eigenvalue weighted by Gasteiger charge is -2.27. The van der Waals surface area contributed by atoms with Crippen LogP contribution < -0.4 is 0 Å². The molecule has 0 saturated heterocycles. The zero-order valence-corrected chi connectivity index (χ0v) is 24.9. The first-order valence-electron chi connectivity index (χ1n) is 16.3. The number of esters is 1. The molecule has 0 aromatic carbocycles. The van der Waals surface area contributed by atoms with Gasteiger partial charge in [-0.1, -0.05) is 168 Å². The second-order valence-corrected chi connectivity index (χ2v) is 11.6. The largest absolute Gasteiger partial charge is 0.465 e. The molecule has 0 aromatic rings. The first-order valence-corrected chi connectivity index (χ1v) is 16.3. The van der Waals surface area contributed by atoms with Gasteiger partial charge >= 0.3 is 5.97 Å². The molecule has 0 rings (SSSR count). The molecule has 2 heteroatoms. The maximum absolute atomic E-state index is 13.1. The lowest BCUT2D eigenvalue weighted by atomic mass is 9.79. The normalized spacial score (nSPS) is 11.8. The average Bonchev–Trinajstić information content (AvgIpc) is 2.86. The third-order valence-corrected chi connectivity index (χ3v) is 7.89. The summed E-state index contributed by atoms with van der Waals surface area (Å²) in [6, 6.07) is 0. The van der Waals surface area contributed by atoms with Crippen LogP contribution in [0.3, 0.4) is 0 Å². The fourth-order valence-corrected chi connectivity index (χ4v) is 5.20. The van der Waals surface area contributed by atoms with Gasteiger partial charge < -0.3 is 4.74 Å². The summed E-state index contributed by atoms with van der Waals surface area (Å²) in [6.07, 6.45) is 33.5. The summed E-state index contributed by atoms with van der Waals surface area (Å²) in [7, 11) is 0. The van der Waals surface area contributed by atoms with Gasteiger partial charge in [-0.2, -0.15) is 0 Å². The fraction of sp³-hybridized carbons (Fsp3) is 0.970. The van der Waals surface area contributed by atoms with E-state index in [9.17, 15) is 4.79 Å². The second kappa shape index (κ2) is 26.5. The Morgan fingerprint density at radius 1 is 0.457 bits per heavy atom. The number of unbranched alkanes of at least 4 members (excludes halogenated alkanes) is 21. The van der Waals surface area contributed by atoms with Gasteiger partial charge in [0.2, 0.25) is 0 Å². The zero-order valence-electron chi connectivity index (χ0n) is 24.9. The molecule has 0 unspecified atom stereocenters. The zero-order chi connectivity index (χ0) is 25.9. The van der Waals surface area contributed by atoms with Crippen molar-refractivity contribution < 1.29 is 9.53 Å². The summed E-state index contributed by atoms with van der Waals surface area (Å²) >= 11 is 0. The van der Waals surface area contributed by atoms with Crippen LogP contribution in [0.25, 0.3) is 0 Å². The summed E-state index contributed by atoms with van der Waals surface area (Å²) in [5.41, 5.74) is -0.272. The average molecular weight is 495 g/mol. The molecule has 0 amide bonds. The van der Waals surface area contributed by atoms with Crippen molar-refractivity contribution in [3.63, 3.8) is 0 Å².